The Morgan fingerprint density at radius 3 is 2.79 bits per heavy atom. The lowest BCUT2D eigenvalue weighted by atomic mass is 10.2. The van der Waals surface area contributed by atoms with Crippen LogP contribution in [0.4, 0.5) is 0 Å². The molecule has 14 heavy (non-hydrogen) atoms. The van der Waals surface area contributed by atoms with Crippen LogP contribution in [-0.4, -0.2) is 10.8 Å². The minimum Gasteiger partial charge on any atom is -0.460 e. The third-order valence-electron chi connectivity index (χ3n) is 1.72. The Bertz CT molecular complexity index is 450. The van der Waals surface area contributed by atoms with Gasteiger partial charge in [0.05, 0.1) is 10.7 Å². The van der Waals surface area contributed by atoms with Crippen LogP contribution < -0.4 is 0 Å². The summed E-state index contributed by atoms with van der Waals surface area (Å²) in [6, 6.07) is 6.85. The van der Waals surface area contributed by atoms with Crippen molar-refractivity contribution < 1.29 is 9.21 Å². The number of nitrogens with zero attached hydrogens (tertiary/aromatic N) is 1. The van der Waals surface area contributed by atoms with Gasteiger partial charge in [-0.05, 0) is 34.1 Å². The molecule has 0 aliphatic heterocycles. The molecular formula is C10H6BrNO2. The molecule has 0 spiro atoms. The molecule has 0 aromatic carbocycles. The lowest BCUT2D eigenvalue weighted by molar-refractivity contribution is 0.100. The normalized spacial score (nSPS) is 10.1. The molecule has 0 saturated carbocycles. The largest absolute Gasteiger partial charge is 0.460 e. The van der Waals surface area contributed by atoms with Gasteiger partial charge in [-0.3, -0.25) is 9.78 Å². The van der Waals surface area contributed by atoms with E-state index >= 15 is 0 Å². The third kappa shape index (κ3) is 1.61. The molecular weight excluding hydrogens is 246 g/mol. The Kier molecular flexibility index (Phi) is 2.45. The highest BCUT2D eigenvalue weighted by molar-refractivity contribution is 9.10. The number of pyridine rings is 1. The highest BCUT2D eigenvalue weighted by Gasteiger charge is 2.16. The average Bonchev–Trinajstić information content (AvgIpc) is 2.65. The maximum atomic E-state index is 11.7. The van der Waals surface area contributed by atoms with Gasteiger partial charge in [0.2, 0.25) is 5.78 Å². The molecule has 0 atom stereocenters. The summed E-state index contributed by atoms with van der Waals surface area (Å²) in [6.07, 6.45) is 3.03. The van der Waals surface area contributed by atoms with Crippen LogP contribution in [-0.2, 0) is 0 Å². The van der Waals surface area contributed by atoms with Crippen molar-refractivity contribution in [2.24, 2.45) is 0 Å². The van der Waals surface area contributed by atoms with E-state index in [4.69, 9.17) is 4.42 Å². The Morgan fingerprint density at radius 2 is 2.21 bits per heavy atom. The number of rotatable bonds is 2. The van der Waals surface area contributed by atoms with Crippen molar-refractivity contribution in [2.45, 2.75) is 0 Å². The fraction of sp³-hybridized carbons (Fsp3) is 0. The fourth-order valence-electron chi connectivity index (χ4n) is 1.07. The summed E-state index contributed by atoms with van der Waals surface area (Å²) in [5.41, 5.74) is 0.378. The minimum absolute atomic E-state index is 0.220. The quantitative estimate of drug-likeness (QED) is 0.771. The maximum absolute atomic E-state index is 11.7. The van der Waals surface area contributed by atoms with Gasteiger partial charge in [-0.25, -0.2) is 0 Å². The summed E-state index contributed by atoms with van der Waals surface area (Å²) in [5, 5.41) is 0. The molecule has 0 aliphatic carbocycles. The van der Waals surface area contributed by atoms with Gasteiger partial charge in [-0.2, -0.15) is 0 Å². The molecule has 0 unspecified atom stereocenters. The molecule has 0 N–H and O–H groups in total. The lowest BCUT2D eigenvalue weighted by Crippen LogP contribution is -2.02. The first-order chi connectivity index (χ1) is 6.79. The van der Waals surface area contributed by atoms with E-state index in [1.807, 2.05) is 0 Å². The van der Waals surface area contributed by atoms with Crippen molar-refractivity contribution >= 4 is 21.7 Å². The van der Waals surface area contributed by atoms with Crippen molar-refractivity contribution in [3.8, 4) is 0 Å². The number of halogens is 1. The number of ketones is 1. The molecule has 70 valence electrons. The second-order valence-corrected chi connectivity index (χ2v) is 3.50. The van der Waals surface area contributed by atoms with Gasteiger partial charge < -0.3 is 4.42 Å². The zero-order chi connectivity index (χ0) is 9.97. The Balaban J connectivity index is 2.39. The molecule has 2 aromatic rings. The number of aromatic nitrogens is 1. The first kappa shape index (κ1) is 9.15. The van der Waals surface area contributed by atoms with Gasteiger partial charge >= 0.3 is 0 Å². The van der Waals surface area contributed by atoms with E-state index in [-0.39, 0.29) is 11.5 Å². The van der Waals surface area contributed by atoms with Gasteiger partial charge in [-0.1, -0.05) is 6.07 Å². The van der Waals surface area contributed by atoms with Crippen LogP contribution in [0.15, 0.2) is 45.6 Å². The van der Waals surface area contributed by atoms with E-state index in [0.717, 1.165) is 0 Å². The van der Waals surface area contributed by atoms with E-state index in [0.29, 0.717) is 10.2 Å². The van der Waals surface area contributed by atoms with Crippen LogP contribution in [0.3, 0.4) is 0 Å². The number of carbonyl (C=O) groups excluding carboxylic acids is 1. The SMILES string of the molecule is O=C(c1ccccn1)c1occc1Br. The van der Waals surface area contributed by atoms with Crippen LogP contribution in [0, 0.1) is 0 Å². The molecule has 0 radical (unpaired) electrons. The lowest BCUT2D eigenvalue weighted by Gasteiger charge is -1.95. The van der Waals surface area contributed by atoms with Crippen LogP contribution in [0.25, 0.3) is 0 Å². The molecule has 3 nitrogen and oxygen atoms in total. The number of hydrogen-bond donors (Lipinski definition) is 0. The predicted octanol–water partition coefficient (Wildman–Crippen LogP) is 2.67. The summed E-state index contributed by atoms with van der Waals surface area (Å²) in [5.74, 6) is 0.0613. The third-order valence-corrected chi connectivity index (χ3v) is 2.35. The highest BCUT2D eigenvalue weighted by Crippen LogP contribution is 2.19. The number of furan rings is 1. The molecule has 4 heteroatoms. The van der Waals surface area contributed by atoms with E-state index in [1.54, 1.807) is 30.5 Å². The van der Waals surface area contributed by atoms with Crippen molar-refractivity contribution in [1.29, 1.82) is 0 Å². The fourth-order valence-corrected chi connectivity index (χ4v) is 1.45. The van der Waals surface area contributed by atoms with Crippen molar-refractivity contribution in [3.05, 3.63) is 52.7 Å². The molecule has 0 aliphatic rings. The second kappa shape index (κ2) is 3.75. The highest BCUT2D eigenvalue weighted by atomic mass is 79.9. The number of hydrogen-bond acceptors (Lipinski definition) is 3. The molecule has 2 heterocycles. The molecule has 0 amide bonds. The zero-order valence-electron chi connectivity index (χ0n) is 7.11. The van der Waals surface area contributed by atoms with Gasteiger partial charge in [0.15, 0.2) is 5.76 Å². The maximum Gasteiger partial charge on any atom is 0.247 e. The number of carbonyl (C=O) groups is 1. The molecule has 2 rings (SSSR count). The van der Waals surface area contributed by atoms with Crippen molar-refractivity contribution in [2.75, 3.05) is 0 Å². The summed E-state index contributed by atoms with van der Waals surface area (Å²) in [4.78, 5) is 15.7. The first-order valence-corrected chi connectivity index (χ1v) is 4.77. The van der Waals surface area contributed by atoms with Crippen molar-refractivity contribution in [3.63, 3.8) is 0 Å². The van der Waals surface area contributed by atoms with Crippen LogP contribution in [0.1, 0.15) is 16.2 Å². The summed E-state index contributed by atoms with van der Waals surface area (Å²) < 4.78 is 5.69. The van der Waals surface area contributed by atoms with Crippen LogP contribution >= 0.6 is 15.9 Å². The predicted molar refractivity (Wildman–Crippen MR) is 54.1 cm³/mol. The molecule has 0 fully saturated rings. The zero-order valence-corrected chi connectivity index (χ0v) is 8.69. The molecule has 0 saturated heterocycles. The van der Waals surface area contributed by atoms with E-state index in [9.17, 15) is 4.79 Å². The van der Waals surface area contributed by atoms with Gasteiger partial charge in [0, 0.05) is 6.20 Å². The second-order valence-electron chi connectivity index (χ2n) is 2.64. The summed E-state index contributed by atoms with van der Waals surface area (Å²) in [6.45, 7) is 0. The van der Waals surface area contributed by atoms with Crippen LogP contribution in [0.5, 0.6) is 0 Å². The Hall–Kier alpha value is -1.42. The Morgan fingerprint density at radius 1 is 1.36 bits per heavy atom. The van der Waals surface area contributed by atoms with E-state index in [2.05, 4.69) is 20.9 Å². The minimum atomic E-state index is -0.220. The summed E-state index contributed by atoms with van der Waals surface area (Å²) >= 11 is 3.22. The van der Waals surface area contributed by atoms with E-state index in [1.165, 1.54) is 6.26 Å². The summed E-state index contributed by atoms with van der Waals surface area (Å²) in [7, 11) is 0. The molecule has 0 bridgehead atoms. The monoisotopic (exact) mass is 251 g/mol. The van der Waals surface area contributed by atoms with Crippen LogP contribution in [0.2, 0.25) is 0 Å². The van der Waals surface area contributed by atoms with Gasteiger partial charge in [0.1, 0.15) is 5.69 Å². The smallest absolute Gasteiger partial charge is 0.247 e. The van der Waals surface area contributed by atoms with E-state index < -0.39 is 0 Å². The topological polar surface area (TPSA) is 43.1 Å². The first-order valence-electron chi connectivity index (χ1n) is 3.98. The molecule has 2 aromatic heterocycles. The average molecular weight is 252 g/mol. The van der Waals surface area contributed by atoms with Gasteiger partial charge in [0.25, 0.3) is 0 Å². The Labute approximate surface area is 88.9 Å². The van der Waals surface area contributed by atoms with Crippen molar-refractivity contribution in [1.82, 2.24) is 4.98 Å². The van der Waals surface area contributed by atoms with Gasteiger partial charge in [-0.15, -0.1) is 0 Å². The standard InChI is InChI=1S/C10H6BrNO2/c11-7-4-6-14-10(7)9(13)8-3-1-2-5-12-8/h1-6H.